The number of aliphatic hydroxyl groups excluding tert-OH is 1. The Balaban J connectivity index is 1.81. The van der Waals surface area contributed by atoms with Crippen LogP contribution in [0.5, 0.6) is 0 Å². The summed E-state index contributed by atoms with van der Waals surface area (Å²) in [5.41, 5.74) is 3.03. The van der Waals surface area contributed by atoms with E-state index in [-0.39, 0.29) is 5.76 Å². The number of amides is 1. The third-order valence-corrected chi connectivity index (χ3v) is 4.09. The molecular weight excluding hydrogens is 314 g/mol. The van der Waals surface area contributed by atoms with Crippen LogP contribution in [-0.4, -0.2) is 21.0 Å². The van der Waals surface area contributed by atoms with E-state index in [0.29, 0.717) is 10.7 Å². The summed E-state index contributed by atoms with van der Waals surface area (Å²) in [6.45, 7) is 0. The van der Waals surface area contributed by atoms with Crippen molar-refractivity contribution in [2.45, 2.75) is 6.04 Å². The molecule has 1 atom stereocenters. The number of rotatable bonds is 2. The summed E-state index contributed by atoms with van der Waals surface area (Å²) in [4.78, 5) is 21.0. The van der Waals surface area contributed by atoms with Gasteiger partial charge in [0.15, 0.2) is 0 Å². The summed E-state index contributed by atoms with van der Waals surface area (Å²) < 4.78 is 0. The molecule has 5 nitrogen and oxygen atoms in total. The number of nitrogens with one attached hydrogen (secondary N) is 1. The molecule has 4 rings (SSSR count). The molecular formula is C17H11ClN3O2. The van der Waals surface area contributed by atoms with Crippen LogP contribution in [0.4, 0.5) is 5.69 Å². The van der Waals surface area contributed by atoms with Gasteiger partial charge in [-0.25, -0.2) is 4.98 Å². The van der Waals surface area contributed by atoms with E-state index in [1.54, 1.807) is 36.7 Å². The average Bonchev–Trinajstić information content (AvgIpc) is 3.11. The third kappa shape index (κ3) is 2.26. The number of carbonyl (C=O) groups is 1. The summed E-state index contributed by atoms with van der Waals surface area (Å²) in [6.07, 6.45) is 4.06. The fourth-order valence-corrected chi connectivity index (χ4v) is 2.89. The van der Waals surface area contributed by atoms with E-state index in [9.17, 15) is 9.90 Å². The largest absolute Gasteiger partial charge is 0.509 e. The first kappa shape index (κ1) is 13.8. The number of aromatic amines is 1. The van der Waals surface area contributed by atoms with Crippen LogP contribution in [0.3, 0.4) is 0 Å². The maximum atomic E-state index is 12.3. The maximum absolute atomic E-state index is 12.3. The molecule has 1 radical (unpaired) electrons. The molecule has 0 spiro atoms. The summed E-state index contributed by atoms with van der Waals surface area (Å²) in [5, 5.41) is 10.8. The molecule has 0 saturated heterocycles. The van der Waals surface area contributed by atoms with Gasteiger partial charge in [0.1, 0.15) is 11.8 Å². The zero-order chi connectivity index (χ0) is 16.0. The van der Waals surface area contributed by atoms with Gasteiger partial charge in [-0.05, 0) is 35.9 Å². The molecule has 113 valence electrons. The number of hydrogen-bond donors (Lipinski definition) is 2. The molecule has 6 heteroatoms. The number of aliphatic hydroxyl groups is 1. The highest BCUT2D eigenvalue weighted by atomic mass is 35.5. The molecule has 2 aromatic carbocycles. The third-order valence-electron chi connectivity index (χ3n) is 3.84. The number of halogens is 1. The lowest BCUT2D eigenvalue weighted by Crippen LogP contribution is -2.29. The topological polar surface area (TPSA) is 69.2 Å². The molecule has 0 bridgehead atoms. The van der Waals surface area contributed by atoms with E-state index >= 15 is 0 Å². The van der Waals surface area contributed by atoms with E-state index in [1.165, 1.54) is 4.90 Å². The first-order valence-corrected chi connectivity index (χ1v) is 7.36. The van der Waals surface area contributed by atoms with Crippen molar-refractivity contribution in [1.82, 2.24) is 9.97 Å². The average molecular weight is 325 g/mol. The molecule has 0 fully saturated rings. The molecule has 1 aliphatic heterocycles. The first-order valence-electron chi connectivity index (χ1n) is 6.98. The zero-order valence-electron chi connectivity index (χ0n) is 11.8. The molecule has 0 aliphatic carbocycles. The van der Waals surface area contributed by atoms with Gasteiger partial charge in [0, 0.05) is 10.7 Å². The number of imidazole rings is 1. The molecule has 3 aromatic rings. The maximum Gasteiger partial charge on any atom is 0.263 e. The molecule has 2 N–H and O–H groups in total. The van der Waals surface area contributed by atoms with Gasteiger partial charge in [-0.2, -0.15) is 0 Å². The number of anilines is 1. The highest BCUT2D eigenvalue weighted by Gasteiger charge is 2.36. The van der Waals surface area contributed by atoms with Gasteiger partial charge >= 0.3 is 0 Å². The standard InChI is InChI=1S/C17H11ClN3O2/c18-11-3-1-10(2-4-11)17-15(22)8-16(23)21(17)12-5-6-13-14(7-12)20-9-19-13/h1-7,9,17,22H,(H,19,20). The first-order chi connectivity index (χ1) is 11.1. The predicted molar refractivity (Wildman–Crippen MR) is 87.2 cm³/mol. The number of benzene rings is 2. The number of fused-ring (bicyclic) bond motifs is 1. The van der Waals surface area contributed by atoms with Crippen molar-refractivity contribution in [2.24, 2.45) is 0 Å². The monoisotopic (exact) mass is 324 g/mol. The van der Waals surface area contributed by atoms with E-state index < -0.39 is 11.9 Å². The molecule has 1 amide bonds. The molecule has 2 heterocycles. The second-order valence-electron chi connectivity index (χ2n) is 5.24. The van der Waals surface area contributed by atoms with Crippen molar-refractivity contribution in [2.75, 3.05) is 4.90 Å². The van der Waals surface area contributed by atoms with Crippen LogP contribution >= 0.6 is 11.6 Å². The van der Waals surface area contributed by atoms with E-state index in [0.717, 1.165) is 16.6 Å². The Morgan fingerprint density at radius 3 is 2.78 bits per heavy atom. The summed E-state index contributed by atoms with van der Waals surface area (Å²) in [5.74, 6) is -0.503. The van der Waals surface area contributed by atoms with Gasteiger partial charge in [0.25, 0.3) is 5.91 Å². The zero-order valence-corrected chi connectivity index (χ0v) is 12.6. The van der Waals surface area contributed by atoms with Gasteiger partial charge < -0.3 is 10.1 Å². The minimum absolute atomic E-state index is 0.112. The SMILES string of the molecule is O=C1[C]=C(O)C(c2ccc(Cl)cc2)N1c1ccc2[nH]cnc2c1. The Morgan fingerprint density at radius 2 is 2.00 bits per heavy atom. The number of aromatic nitrogens is 2. The van der Waals surface area contributed by atoms with Gasteiger partial charge in [-0.1, -0.05) is 23.7 Å². The Labute approximate surface area is 136 Å². The van der Waals surface area contributed by atoms with E-state index in [1.807, 2.05) is 12.1 Å². The molecule has 23 heavy (non-hydrogen) atoms. The van der Waals surface area contributed by atoms with Gasteiger partial charge in [0.2, 0.25) is 0 Å². The van der Waals surface area contributed by atoms with Crippen LogP contribution in [0.25, 0.3) is 11.0 Å². The molecule has 0 saturated carbocycles. The van der Waals surface area contributed by atoms with Crippen LogP contribution in [0.15, 0.2) is 54.6 Å². The lowest BCUT2D eigenvalue weighted by molar-refractivity contribution is -0.114. The van der Waals surface area contributed by atoms with Crippen LogP contribution in [0.2, 0.25) is 5.02 Å². The summed E-state index contributed by atoms with van der Waals surface area (Å²) in [7, 11) is 0. The Kier molecular flexibility index (Phi) is 3.09. The highest BCUT2D eigenvalue weighted by molar-refractivity contribution is 6.30. The van der Waals surface area contributed by atoms with Gasteiger partial charge in [-0.3, -0.25) is 9.69 Å². The number of nitrogens with zero attached hydrogens (tertiary/aromatic N) is 2. The quantitative estimate of drug-likeness (QED) is 0.757. The minimum atomic E-state index is -0.615. The lowest BCUT2D eigenvalue weighted by atomic mass is 10.0. The Bertz CT molecular complexity index is 930. The number of carbonyl (C=O) groups excluding carboxylic acids is 1. The molecule has 1 unspecified atom stereocenters. The fourth-order valence-electron chi connectivity index (χ4n) is 2.77. The lowest BCUT2D eigenvalue weighted by Gasteiger charge is -2.25. The van der Waals surface area contributed by atoms with Crippen molar-refractivity contribution in [3.8, 4) is 0 Å². The Hall–Kier alpha value is -2.79. The molecule has 1 aliphatic rings. The van der Waals surface area contributed by atoms with Crippen LogP contribution in [0, 0.1) is 6.08 Å². The number of hydrogen-bond acceptors (Lipinski definition) is 3. The summed E-state index contributed by atoms with van der Waals surface area (Å²) >= 11 is 5.91. The predicted octanol–water partition coefficient (Wildman–Crippen LogP) is 3.55. The van der Waals surface area contributed by atoms with Crippen molar-refractivity contribution in [3.63, 3.8) is 0 Å². The normalized spacial score (nSPS) is 17.8. The van der Waals surface area contributed by atoms with Crippen molar-refractivity contribution >= 4 is 34.2 Å². The minimum Gasteiger partial charge on any atom is -0.509 e. The van der Waals surface area contributed by atoms with Crippen molar-refractivity contribution < 1.29 is 9.90 Å². The van der Waals surface area contributed by atoms with Crippen molar-refractivity contribution in [1.29, 1.82) is 0 Å². The Morgan fingerprint density at radius 1 is 1.22 bits per heavy atom. The van der Waals surface area contributed by atoms with Crippen LogP contribution < -0.4 is 4.90 Å². The van der Waals surface area contributed by atoms with Crippen LogP contribution in [-0.2, 0) is 4.79 Å². The van der Waals surface area contributed by atoms with E-state index in [4.69, 9.17) is 11.6 Å². The van der Waals surface area contributed by atoms with Crippen LogP contribution in [0.1, 0.15) is 11.6 Å². The summed E-state index contributed by atoms with van der Waals surface area (Å²) in [6, 6.07) is 11.8. The van der Waals surface area contributed by atoms with Gasteiger partial charge in [0.05, 0.1) is 23.4 Å². The molecule has 1 aromatic heterocycles. The number of H-pyrrole nitrogens is 1. The highest BCUT2D eigenvalue weighted by Crippen LogP contribution is 2.37. The second-order valence-corrected chi connectivity index (χ2v) is 5.68. The smallest absolute Gasteiger partial charge is 0.263 e. The van der Waals surface area contributed by atoms with E-state index in [2.05, 4.69) is 16.0 Å². The fraction of sp³-hybridized carbons (Fsp3) is 0.0588. The van der Waals surface area contributed by atoms with Gasteiger partial charge in [-0.15, -0.1) is 0 Å². The van der Waals surface area contributed by atoms with Crippen molar-refractivity contribution in [3.05, 3.63) is 71.2 Å². The second kappa shape index (κ2) is 5.14.